The van der Waals surface area contributed by atoms with Gasteiger partial charge in [0.15, 0.2) is 0 Å². The van der Waals surface area contributed by atoms with E-state index in [1.165, 1.54) is 28.5 Å². The molecule has 4 rings (SSSR count). The lowest BCUT2D eigenvalue weighted by Crippen LogP contribution is -2.57. The maximum absolute atomic E-state index is 13.2. The summed E-state index contributed by atoms with van der Waals surface area (Å²) in [5.41, 5.74) is 1.16. The Labute approximate surface area is 224 Å². The average Bonchev–Trinajstić information content (AvgIpc) is 3.29. The first-order chi connectivity index (χ1) is 17.6. The number of thiophene rings is 1. The van der Waals surface area contributed by atoms with Gasteiger partial charge in [0.05, 0.1) is 15.9 Å². The number of hydrogen-bond acceptors (Lipinski definition) is 7. The molecule has 1 fully saturated rings. The molecule has 2 aliphatic rings. The SMILES string of the molecule is CN1CCc2sc(C(=O)N[C@@H]3C[C@@H](C(=O)N(C)C)CC[C@@H]3NC(=O)C(=O)Nc3ccc(Cl)cn3)cc2C1. The van der Waals surface area contributed by atoms with Crippen LogP contribution in [0.5, 0.6) is 0 Å². The van der Waals surface area contributed by atoms with Crippen LogP contribution in [0.3, 0.4) is 0 Å². The first-order valence-corrected chi connectivity index (χ1v) is 13.4. The van der Waals surface area contributed by atoms with E-state index >= 15 is 0 Å². The van der Waals surface area contributed by atoms with Crippen molar-refractivity contribution in [2.75, 3.05) is 33.0 Å². The number of hydrogen-bond donors (Lipinski definition) is 3. The van der Waals surface area contributed by atoms with Crippen LogP contribution >= 0.6 is 22.9 Å². The van der Waals surface area contributed by atoms with Gasteiger partial charge in [-0.05, 0) is 56.5 Å². The molecule has 12 heteroatoms. The predicted octanol–water partition coefficient (Wildman–Crippen LogP) is 1.89. The number of halogens is 1. The highest BCUT2D eigenvalue weighted by Gasteiger charge is 2.37. The van der Waals surface area contributed by atoms with Crippen LogP contribution in [0.25, 0.3) is 0 Å². The van der Waals surface area contributed by atoms with Crippen molar-refractivity contribution in [3.63, 3.8) is 0 Å². The molecule has 0 spiro atoms. The largest absolute Gasteiger partial charge is 0.349 e. The van der Waals surface area contributed by atoms with E-state index in [9.17, 15) is 19.2 Å². The number of carbonyl (C=O) groups excluding carboxylic acids is 4. The number of anilines is 1. The Morgan fingerprint density at radius 1 is 1.11 bits per heavy atom. The summed E-state index contributed by atoms with van der Waals surface area (Å²) >= 11 is 7.30. The van der Waals surface area contributed by atoms with Crippen molar-refractivity contribution >= 4 is 52.4 Å². The van der Waals surface area contributed by atoms with E-state index in [0.717, 1.165) is 25.1 Å². The molecule has 0 unspecified atom stereocenters. The van der Waals surface area contributed by atoms with Gasteiger partial charge in [-0.3, -0.25) is 19.2 Å². The summed E-state index contributed by atoms with van der Waals surface area (Å²) in [7, 11) is 5.45. The second-order valence-corrected chi connectivity index (χ2v) is 11.3. The summed E-state index contributed by atoms with van der Waals surface area (Å²) in [5.74, 6) is -2.06. The molecule has 0 aromatic carbocycles. The third-order valence-corrected chi connectivity index (χ3v) is 8.19. The number of likely N-dealkylation sites (N-methyl/N-ethyl adjacent to an activating group) is 1. The highest BCUT2D eigenvalue weighted by Crippen LogP contribution is 2.30. The molecular weight excluding hydrogens is 516 g/mol. The third kappa shape index (κ3) is 6.65. The van der Waals surface area contributed by atoms with Crippen molar-refractivity contribution in [3.8, 4) is 0 Å². The third-order valence-electron chi connectivity index (χ3n) is 6.73. The van der Waals surface area contributed by atoms with Crippen LogP contribution in [-0.2, 0) is 27.3 Å². The summed E-state index contributed by atoms with van der Waals surface area (Å²) in [5, 5.41) is 8.64. The number of rotatable bonds is 5. The van der Waals surface area contributed by atoms with Crippen molar-refractivity contribution in [1.29, 1.82) is 0 Å². The molecule has 2 aromatic heterocycles. The summed E-state index contributed by atoms with van der Waals surface area (Å²) in [4.78, 5) is 60.6. The lowest BCUT2D eigenvalue weighted by molar-refractivity contribution is -0.137. The lowest BCUT2D eigenvalue weighted by Gasteiger charge is -2.37. The molecule has 1 saturated carbocycles. The minimum atomic E-state index is -0.874. The molecule has 1 aliphatic carbocycles. The summed E-state index contributed by atoms with van der Waals surface area (Å²) in [6.45, 7) is 1.76. The lowest BCUT2D eigenvalue weighted by atomic mass is 9.81. The first kappa shape index (κ1) is 27.0. The number of fused-ring (bicyclic) bond motifs is 1. The minimum absolute atomic E-state index is 0.0230. The van der Waals surface area contributed by atoms with E-state index < -0.39 is 23.9 Å². The molecule has 37 heavy (non-hydrogen) atoms. The van der Waals surface area contributed by atoms with Gasteiger partial charge in [-0.25, -0.2) is 4.98 Å². The summed E-state index contributed by atoms with van der Waals surface area (Å²) in [6.07, 6.45) is 3.61. The molecule has 0 radical (unpaired) electrons. The van der Waals surface area contributed by atoms with Gasteiger partial charge in [0.2, 0.25) is 5.91 Å². The zero-order valence-electron chi connectivity index (χ0n) is 21.0. The van der Waals surface area contributed by atoms with Gasteiger partial charge in [-0.2, -0.15) is 0 Å². The number of nitrogens with zero attached hydrogens (tertiary/aromatic N) is 3. The van der Waals surface area contributed by atoms with Crippen LogP contribution in [0.15, 0.2) is 24.4 Å². The van der Waals surface area contributed by atoms with Gasteiger partial charge >= 0.3 is 11.8 Å². The van der Waals surface area contributed by atoms with E-state index in [4.69, 9.17) is 11.6 Å². The van der Waals surface area contributed by atoms with Crippen LogP contribution in [0.2, 0.25) is 5.02 Å². The van der Waals surface area contributed by atoms with E-state index in [1.54, 1.807) is 25.1 Å². The maximum atomic E-state index is 13.2. The summed E-state index contributed by atoms with van der Waals surface area (Å²) in [6, 6.07) is 3.95. The summed E-state index contributed by atoms with van der Waals surface area (Å²) < 4.78 is 0. The fourth-order valence-electron chi connectivity index (χ4n) is 4.77. The van der Waals surface area contributed by atoms with Gasteiger partial charge in [0.1, 0.15) is 5.82 Å². The maximum Gasteiger partial charge on any atom is 0.314 e. The van der Waals surface area contributed by atoms with Crippen LogP contribution in [0.4, 0.5) is 5.82 Å². The number of aromatic nitrogens is 1. The number of pyridine rings is 1. The molecular formula is C25H31ClN6O4S. The van der Waals surface area contributed by atoms with Crippen molar-refractivity contribution < 1.29 is 19.2 Å². The van der Waals surface area contributed by atoms with E-state index in [2.05, 4.69) is 32.9 Å². The number of carbonyl (C=O) groups is 4. The normalized spacial score (nSPS) is 21.5. The molecule has 1 aliphatic heterocycles. The minimum Gasteiger partial charge on any atom is -0.349 e. The van der Waals surface area contributed by atoms with Gasteiger partial charge in [0.25, 0.3) is 5.91 Å². The van der Waals surface area contributed by atoms with Crippen LogP contribution in [0.1, 0.15) is 39.4 Å². The highest BCUT2D eigenvalue weighted by atomic mass is 35.5. The van der Waals surface area contributed by atoms with Crippen molar-refractivity contribution in [1.82, 2.24) is 25.4 Å². The molecule has 0 saturated heterocycles. The van der Waals surface area contributed by atoms with Crippen LogP contribution in [0, 0.1) is 5.92 Å². The average molecular weight is 547 g/mol. The van der Waals surface area contributed by atoms with E-state index in [1.807, 2.05) is 6.07 Å². The Balaban J connectivity index is 1.45. The Bertz CT molecular complexity index is 1180. The van der Waals surface area contributed by atoms with E-state index in [0.29, 0.717) is 29.2 Å². The Morgan fingerprint density at radius 2 is 1.89 bits per heavy atom. The Morgan fingerprint density at radius 3 is 2.59 bits per heavy atom. The molecule has 10 nitrogen and oxygen atoms in total. The highest BCUT2D eigenvalue weighted by molar-refractivity contribution is 7.14. The van der Waals surface area contributed by atoms with Crippen molar-refractivity contribution in [2.24, 2.45) is 5.92 Å². The molecule has 2 aromatic rings. The standard InChI is InChI=1S/C25H31ClN6O4S/c1-31(2)25(36)14-4-6-17(28-23(34)24(35)30-21-7-5-16(26)12-27-21)18(10-14)29-22(33)20-11-15-13-32(3)9-8-19(15)37-20/h5,7,11-12,14,17-18H,4,6,8-10,13H2,1-3H3,(H,28,34)(H,29,33)(H,27,30,35)/t14-,17-,18+/m0/s1. The monoisotopic (exact) mass is 546 g/mol. The molecule has 198 valence electrons. The van der Waals surface area contributed by atoms with Gasteiger partial charge in [0, 0.05) is 50.2 Å². The Kier molecular flexibility index (Phi) is 8.46. The number of nitrogens with one attached hydrogen (secondary N) is 3. The zero-order valence-corrected chi connectivity index (χ0v) is 22.6. The smallest absolute Gasteiger partial charge is 0.314 e. The fourth-order valence-corrected chi connectivity index (χ4v) is 5.95. The quantitative estimate of drug-likeness (QED) is 0.492. The first-order valence-electron chi connectivity index (χ1n) is 12.2. The molecule has 4 amide bonds. The Hall–Kier alpha value is -3.02. The van der Waals surface area contributed by atoms with Crippen LogP contribution < -0.4 is 16.0 Å². The van der Waals surface area contributed by atoms with Crippen LogP contribution in [-0.4, -0.2) is 78.2 Å². The van der Waals surface area contributed by atoms with Gasteiger partial charge in [-0.1, -0.05) is 11.6 Å². The van der Waals surface area contributed by atoms with Crippen molar-refractivity contribution in [2.45, 2.75) is 44.3 Å². The van der Waals surface area contributed by atoms with Crippen molar-refractivity contribution in [3.05, 3.63) is 44.7 Å². The predicted molar refractivity (Wildman–Crippen MR) is 141 cm³/mol. The second-order valence-electron chi connectivity index (χ2n) is 9.77. The molecule has 3 heterocycles. The fraction of sp³-hybridized carbons (Fsp3) is 0.480. The van der Waals surface area contributed by atoms with E-state index in [-0.39, 0.29) is 23.6 Å². The zero-order chi connectivity index (χ0) is 26.7. The van der Waals surface area contributed by atoms with Gasteiger partial charge < -0.3 is 25.8 Å². The molecule has 3 N–H and O–H groups in total. The number of amides is 4. The topological polar surface area (TPSA) is 124 Å². The molecule has 0 bridgehead atoms. The molecule has 3 atom stereocenters. The second kappa shape index (κ2) is 11.6. The van der Waals surface area contributed by atoms with Gasteiger partial charge in [-0.15, -0.1) is 11.3 Å².